The largest absolute Gasteiger partial charge is 0.469 e. The van der Waals surface area contributed by atoms with Crippen LogP contribution in [0.2, 0.25) is 0 Å². The summed E-state index contributed by atoms with van der Waals surface area (Å²) in [5.41, 5.74) is 1.02. The lowest BCUT2D eigenvalue weighted by molar-refractivity contribution is -0.140. The van der Waals surface area contributed by atoms with E-state index in [0.29, 0.717) is 38.8 Å². The van der Waals surface area contributed by atoms with Crippen molar-refractivity contribution in [3.8, 4) is 0 Å². The van der Waals surface area contributed by atoms with Gasteiger partial charge >= 0.3 is 5.97 Å². The Hall–Kier alpha value is -1.46. The molecule has 0 spiro atoms. The molecule has 1 aromatic rings. The number of aliphatic imine (C=N–C) groups is 1. The summed E-state index contributed by atoms with van der Waals surface area (Å²) in [4.78, 5) is 18.2. The van der Waals surface area contributed by atoms with Crippen LogP contribution in [0, 0.1) is 5.82 Å². The number of carbonyl (C=O) groups is 1. The van der Waals surface area contributed by atoms with Crippen molar-refractivity contribution >= 4 is 35.9 Å². The molecule has 0 bridgehead atoms. The number of esters is 1. The van der Waals surface area contributed by atoms with Crippen molar-refractivity contribution in [3.05, 3.63) is 35.6 Å². The Labute approximate surface area is 183 Å². The van der Waals surface area contributed by atoms with Gasteiger partial charge in [-0.3, -0.25) is 14.7 Å². The van der Waals surface area contributed by atoms with Gasteiger partial charge in [-0.15, -0.1) is 24.0 Å². The summed E-state index contributed by atoms with van der Waals surface area (Å²) in [5.74, 6) is 0.124. The maximum absolute atomic E-state index is 13.3. The van der Waals surface area contributed by atoms with Gasteiger partial charge in [0.1, 0.15) is 5.82 Å². The summed E-state index contributed by atoms with van der Waals surface area (Å²) in [5, 5.41) is 6.32. The zero-order valence-corrected chi connectivity index (χ0v) is 18.8. The molecule has 28 heavy (non-hydrogen) atoms. The molecule has 1 atom stereocenters. The second kappa shape index (κ2) is 13.7. The number of halogens is 2. The van der Waals surface area contributed by atoms with E-state index in [1.54, 1.807) is 0 Å². The van der Waals surface area contributed by atoms with Crippen LogP contribution >= 0.6 is 24.0 Å². The fourth-order valence-corrected chi connectivity index (χ4v) is 2.91. The van der Waals surface area contributed by atoms with Crippen LogP contribution in [0.1, 0.15) is 24.9 Å². The molecule has 1 saturated heterocycles. The number of rotatable bonds is 8. The lowest BCUT2D eigenvalue weighted by Crippen LogP contribution is -2.42. The van der Waals surface area contributed by atoms with Gasteiger partial charge in [-0.05, 0) is 24.6 Å². The van der Waals surface area contributed by atoms with Crippen LogP contribution < -0.4 is 10.6 Å². The summed E-state index contributed by atoms with van der Waals surface area (Å²) >= 11 is 0. The standard InChI is InChI=1S/C19H29FN4O3.HI/c1-3-21-19(22-9-8-18(25)26-2)23-14-17(24-10-12-27-13-11-24)15-4-6-16(20)7-5-15;/h4-7,17H,3,8-14H2,1-2H3,(H2,21,22,23);1H. The number of benzene rings is 1. The third kappa shape index (κ3) is 8.27. The molecular weight excluding hydrogens is 478 g/mol. The second-order valence-corrected chi connectivity index (χ2v) is 6.19. The quantitative estimate of drug-likeness (QED) is 0.242. The molecule has 1 aromatic carbocycles. The smallest absolute Gasteiger partial charge is 0.307 e. The van der Waals surface area contributed by atoms with E-state index < -0.39 is 0 Å². The molecule has 0 saturated carbocycles. The van der Waals surface area contributed by atoms with Crippen molar-refractivity contribution in [2.45, 2.75) is 19.4 Å². The van der Waals surface area contributed by atoms with Crippen LogP contribution in [0.5, 0.6) is 0 Å². The van der Waals surface area contributed by atoms with E-state index in [2.05, 4.69) is 25.3 Å². The summed E-state index contributed by atoms with van der Waals surface area (Å²) in [6.07, 6.45) is 0.270. The number of carbonyl (C=O) groups excluding carboxylic acids is 1. The Morgan fingerprint density at radius 2 is 1.96 bits per heavy atom. The first kappa shape index (κ1) is 24.6. The van der Waals surface area contributed by atoms with E-state index in [-0.39, 0.29) is 48.2 Å². The van der Waals surface area contributed by atoms with E-state index >= 15 is 0 Å². The third-order valence-electron chi connectivity index (χ3n) is 4.36. The van der Waals surface area contributed by atoms with Gasteiger partial charge in [-0.2, -0.15) is 0 Å². The van der Waals surface area contributed by atoms with E-state index in [1.165, 1.54) is 19.2 Å². The predicted octanol–water partition coefficient (Wildman–Crippen LogP) is 1.94. The normalized spacial score (nSPS) is 16.0. The fourth-order valence-electron chi connectivity index (χ4n) is 2.91. The summed E-state index contributed by atoms with van der Waals surface area (Å²) in [6.45, 7) is 6.63. The number of nitrogens with one attached hydrogen (secondary N) is 2. The number of nitrogens with zero attached hydrogens (tertiary/aromatic N) is 2. The molecule has 158 valence electrons. The fraction of sp³-hybridized carbons (Fsp3) is 0.579. The van der Waals surface area contributed by atoms with Crippen molar-refractivity contribution in [2.75, 3.05) is 53.0 Å². The highest BCUT2D eigenvalue weighted by Crippen LogP contribution is 2.22. The molecule has 1 heterocycles. The minimum atomic E-state index is -0.268. The monoisotopic (exact) mass is 508 g/mol. The number of ether oxygens (including phenoxy) is 2. The van der Waals surface area contributed by atoms with Crippen LogP contribution in [0.3, 0.4) is 0 Å². The van der Waals surface area contributed by atoms with E-state index in [4.69, 9.17) is 4.74 Å². The van der Waals surface area contributed by atoms with Crippen LogP contribution in [-0.4, -0.2) is 69.9 Å². The lowest BCUT2D eigenvalue weighted by atomic mass is 10.0. The van der Waals surface area contributed by atoms with Crippen LogP contribution in [0.15, 0.2) is 29.3 Å². The minimum absolute atomic E-state index is 0. The number of morpholine rings is 1. The van der Waals surface area contributed by atoms with Crippen molar-refractivity contribution < 1.29 is 18.7 Å². The highest BCUT2D eigenvalue weighted by atomic mass is 127. The molecule has 0 amide bonds. The molecule has 0 aromatic heterocycles. The predicted molar refractivity (Wildman–Crippen MR) is 118 cm³/mol. The topological polar surface area (TPSA) is 75.2 Å². The van der Waals surface area contributed by atoms with Gasteiger partial charge < -0.3 is 20.1 Å². The molecule has 9 heteroatoms. The molecule has 1 unspecified atom stereocenters. The zero-order valence-electron chi connectivity index (χ0n) is 16.4. The Morgan fingerprint density at radius 3 is 2.57 bits per heavy atom. The highest BCUT2D eigenvalue weighted by Gasteiger charge is 2.22. The first-order chi connectivity index (χ1) is 13.1. The van der Waals surface area contributed by atoms with Crippen molar-refractivity contribution in [1.82, 2.24) is 15.5 Å². The number of hydrogen-bond acceptors (Lipinski definition) is 5. The molecule has 2 rings (SSSR count). The van der Waals surface area contributed by atoms with Gasteiger partial charge in [0.25, 0.3) is 0 Å². The molecule has 0 aliphatic carbocycles. The van der Waals surface area contributed by atoms with E-state index in [1.807, 2.05) is 19.1 Å². The maximum Gasteiger partial charge on any atom is 0.307 e. The van der Waals surface area contributed by atoms with E-state index in [9.17, 15) is 9.18 Å². The molecule has 0 radical (unpaired) electrons. The summed E-state index contributed by atoms with van der Waals surface area (Å²) in [7, 11) is 1.37. The Kier molecular flexibility index (Phi) is 12.0. The van der Waals surface area contributed by atoms with Crippen molar-refractivity contribution in [3.63, 3.8) is 0 Å². The van der Waals surface area contributed by atoms with Crippen molar-refractivity contribution in [1.29, 1.82) is 0 Å². The molecule has 1 fully saturated rings. The molecule has 7 nitrogen and oxygen atoms in total. The van der Waals surface area contributed by atoms with Crippen LogP contribution in [0.4, 0.5) is 4.39 Å². The zero-order chi connectivity index (χ0) is 19.5. The van der Waals surface area contributed by atoms with Gasteiger partial charge in [0, 0.05) is 26.2 Å². The summed E-state index contributed by atoms with van der Waals surface area (Å²) in [6, 6.07) is 6.61. The van der Waals surface area contributed by atoms with Gasteiger partial charge in [0.15, 0.2) is 5.96 Å². The SMILES string of the molecule is CCNC(=NCC(c1ccc(F)cc1)N1CCOCC1)NCCC(=O)OC.I. The molecule has 2 N–H and O–H groups in total. The highest BCUT2D eigenvalue weighted by molar-refractivity contribution is 14.0. The number of methoxy groups -OCH3 is 1. The Bertz CT molecular complexity index is 610. The Morgan fingerprint density at radius 1 is 1.29 bits per heavy atom. The third-order valence-corrected chi connectivity index (χ3v) is 4.36. The average molecular weight is 508 g/mol. The van der Waals surface area contributed by atoms with Gasteiger partial charge in [0.2, 0.25) is 0 Å². The first-order valence-corrected chi connectivity index (χ1v) is 9.30. The lowest BCUT2D eigenvalue weighted by Gasteiger charge is -2.34. The van der Waals surface area contributed by atoms with Crippen LogP contribution in [-0.2, 0) is 14.3 Å². The number of hydrogen-bond donors (Lipinski definition) is 2. The number of guanidine groups is 1. The van der Waals surface area contributed by atoms with E-state index in [0.717, 1.165) is 18.7 Å². The first-order valence-electron chi connectivity index (χ1n) is 9.30. The summed E-state index contributed by atoms with van der Waals surface area (Å²) < 4.78 is 23.4. The molecule has 1 aliphatic heterocycles. The average Bonchev–Trinajstić information content (AvgIpc) is 2.70. The van der Waals surface area contributed by atoms with Crippen LogP contribution in [0.25, 0.3) is 0 Å². The molecule has 1 aliphatic rings. The minimum Gasteiger partial charge on any atom is -0.469 e. The molecular formula is C19H30FIN4O3. The van der Waals surface area contributed by atoms with Crippen molar-refractivity contribution in [2.24, 2.45) is 4.99 Å². The van der Waals surface area contributed by atoms with Gasteiger partial charge in [0.05, 0.1) is 39.3 Å². The Balaban J connectivity index is 0.00000392. The second-order valence-electron chi connectivity index (χ2n) is 6.19. The maximum atomic E-state index is 13.3. The van der Waals surface area contributed by atoms with Gasteiger partial charge in [-0.25, -0.2) is 4.39 Å². The van der Waals surface area contributed by atoms with Gasteiger partial charge in [-0.1, -0.05) is 12.1 Å².